The highest BCUT2D eigenvalue weighted by Gasteiger charge is 2.61. The Hall–Kier alpha value is -0.600. The molecule has 4 fully saturated rings. The number of fused-ring (bicyclic) bond motifs is 5. The number of nitrogens with two attached hydrogens (primary N) is 1. The summed E-state index contributed by atoms with van der Waals surface area (Å²) in [5.74, 6) is 1.34. The van der Waals surface area contributed by atoms with Gasteiger partial charge < -0.3 is 15.6 Å². The smallest absolute Gasteiger partial charge is 0.160 e. The first kappa shape index (κ1) is 20.7. The summed E-state index contributed by atoms with van der Waals surface area (Å²) in [6.45, 7) is 12.6. The lowest BCUT2D eigenvalue weighted by Crippen LogP contribution is -2.61. The van der Waals surface area contributed by atoms with E-state index in [0.717, 1.165) is 25.7 Å². The number of allylic oxidation sites excluding steroid dienone is 1. The Bertz CT molecular complexity index is 660. The third-order valence-corrected chi connectivity index (χ3v) is 9.37. The van der Waals surface area contributed by atoms with Crippen LogP contribution in [0.1, 0.15) is 85.5 Å². The van der Waals surface area contributed by atoms with E-state index in [4.69, 9.17) is 10.5 Å². The molecule has 8 atom stereocenters. The molecule has 0 heterocycles. The molecule has 3 N–H and O–H groups in total. The van der Waals surface area contributed by atoms with Gasteiger partial charge in [0.1, 0.15) is 0 Å². The van der Waals surface area contributed by atoms with Crippen LogP contribution in [0.3, 0.4) is 0 Å². The third kappa shape index (κ3) is 3.23. The standard InChI is InChI=1S/C25H41NO2/c1-6-16-8-7-9-19-22-20(11-13-24(16,19)4)25(5)12-10-18(26)14-17(25)15-21(22)28-23(2,3)27/h17-22,27H,1,7-15,26H2,2-5H3. The number of ether oxygens (including phenoxy) is 1. The van der Waals surface area contributed by atoms with Gasteiger partial charge in [-0.25, -0.2) is 0 Å². The molecule has 0 aliphatic heterocycles. The van der Waals surface area contributed by atoms with Crippen molar-refractivity contribution in [1.29, 1.82) is 0 Å². The highest BCUT2D eigenvalue weighted by Crippen LogP contribution is 2.66. The Morgan fingerprint density at radius 1 is 1.14 bits per heavy atom. The number of rotatable bonds is 2. The normalized spacial score (nSPS) is 48.9. The molecule has 0 aromatic carbocycles. The second kappa shape index (κ2) is 6.98. The summed E-state index contributed by atoms with van der Waals surface area (Å²) < 4.78 is 6.41. The predicted molar refractivity (Wildman–Crippen MR) is 114 cm³/mol. The van der Waals surface area contributed by atoms with Gasteiger partial charge in [-0.05, 0) is 112 Å². The van der Waals surface area contributed by atoms with Gasteiger partial charge in [-0.2, -0.15) is 0 Å². The maximum absolute atomic E-state index is 10.6. The first-order valence-electron chi connectivity index (χ1n) is 11.6. The van der Waals surface area contributed by atoms with Crippen molar-refractivity contribution in [1.82, 2.24) is 0 Å². The minimum absolute atomic E-state index is 0.127. The summed E-state index contributed by atoms with van der Waals surface area (Å²) in [6, 6.07) is 0.330. The maximum Gasteiger partial charge on any atom is 0.160 e. The van der Waals surface area contributed by atoms with Gasteiger partial charge >= 0.3 is 0 Å². The van der Waals surface area contributed by atoms with E-state index in [0.29, 0.717) is 35.1 Å². The molecule has 0 saturated heterocycles. The average Bonchev–Trinajstić information content (AvgIpc) is 2.60. The van der Waals surface area contributed by atoms with Crippen molar-refractivity contribution < 1.29 is 9.84 Å². The van der Waals surface area contributed by atoms with Crippen LogP contribution >= 0.6 is 0 Å². The highest BCUT2D eigenvalue weighted by molar-refractivity contribution is 5.21. The summed E-state index contributed by atoms with van der Waals surface area (Å²) in [6.07, 6.45) is 10.9. The topological polar surface area (TPSA) is 55.5 Å². The molecule has 0 bridgehead atoms. The van der Waals surface area contributed by atoms with Gasteiger partial charge in [0, 0.05) is 6.04 Å². The summed E-state index contributed by atoms with van der Waals surface area (Å²) in [4.78, 5) is 0. The van der Waals surface area contributed by atoms with Crippen LogP contribution in [0, 0.1) is 34.5 Å². The van der Waals surface area contributed by atoms with E-state index in [1.165, 1.54) is 37.7 Å². The zero-order valence-electron chi connectivity index (χ0n) is 18.5. The summed E-state index contributed by atoms with van der Waals surface area (Å²) in [7, 11) is 0. The molecule has 0 spiro atoms. The van der Waals surface area contributed by atoms with Crippen molar-refractivity contribution in [2.75, 3.05) is 0 Å². The molecule has 4 saturated carbocycles. The van der Waals surface area contributed by atoms with E-state index in [1.807, 2.05) is 0 Å². The van der Waals surface area contributed by atoms with Gasteiger partial charge in [0.2, 0.25) is 0 Å². The van der Waals surface area contributed by atoms with Gasteiger partial charge in [-0.1, -0.05) is 20.4 Å². The van der Waals surface area contributed by atoms with Crippen molar-refractivity contribution >= 4 is 0 Å². The molecule has 4 aliphatic carbocycles. The molecule has 158 valence electrons. The van der Waals surface area contributed by atoms with Crippen molar-refractivity contribution in [2.24, 2.45) is 40.2 Å². The molecule has 0 aromatic rings. The number of hydrogen-bond donors (Lipinski definition) is 2. The minimum Gasteiger partial charge on any atom is -0.366 e. The fraction of sp³-hybridized carbons (Fsp3) is 0.880. The van der Waals surface area contributed by atoms with Crippen LogP contribution < -0.4 is 5.73 Å². The molecular formula is C25H41NO2. The van der Waals surface area contributed by atoms with E-state index in [9.17, 15) is 5.11 Å². The highest BCUT2D eigenvalue weighted by atomic mass is 16.6. The number of hydrogen-bond acceptors (Lipinski definition) is 3. The van der Waals surface area contributed by atoms with Gasteiger partial charge in [-0.3, -0.25) is 0 Å². The van der Waals surface area contributed by atoms with Crippen LogP contribution in [0.4, 0.5) is 0 Å². The third-order valence-electron chi connectivity index (χ3n) is 9.37. The van der Waals surface area contributed by atoms with E-state index < -0.39 is 5.79 Å². The van der Waals surface area contributed by atoms with E-state index in [2.05, 4.69) is 26.2 Å². The zero-order valence-corrected chi connectivity index (χ0v) is 18.5. The molecule has 3 nitrogen and oxygen atoms in total. The minimum atomic E-state index is -1.08. The SMILES string of the molecule is C=C=C1CCCC2C3C(OC(C)(C)O)CC4CC(N)CCC4(C)C3CCC12C. The Labute approximate surface area is 171 Å². The lowest BCUT2D eigenvalue weighted by Gasteiger charge is -2.64. The Morgan fingerprint density at radius 2 is 1.89 bits per heavy atom. The molecular weight excluding hydrogens is 346 g/mol. The van der Waals surface area contributed by atoms with Crippen molar-refractivity contribution in [3.05, 3.63) is 17.9 Å². The monoisotopic (exact) mass is 387 g/mol. The van der Waals surface area contributed by atoms with Crippen molar-refractivity contribution in [3.8, 4) is 0 Å². The Balaban J connectivity index is 1.74. The first-order chi connectivity index (χ1) is 13.1. The predicted octanol–water partition coefficient (Wildman–Crippen LogP) is 5.18. The van der Waals surface area contributed by atoms with Crippen molar-refractivity contribution in [2.45, 2.75) is 103 Å². The van der Waals surface area contributed by atoms with Crippen LogP contribution in [0.5, 0.6) is 0 Å². The molecule has 0 radical (unpaired) electrons. The molecule has 0 amide bonds. The molecule has 4 aliphatic rings. The van der Waals surface area contributed by atoms with E-state index >= 15 is 0 Å². The second-order valence-corrected chi connectivity index (χ2v) is 11.4. The summed E-state index contributed by atoms with van der Waals surface area (Å²) >= 11 is 0. The lowest BCUT2D eigenvalue weighted by molar-refractivity contribution is -0.264. The van der Waals surface area contributed by atoms with Crippen LogP contribution in [-0.2, 0) is 4.74 Å². The number of aliphatic hydroxyl groups is 1. The lowest BCUT2D eigenvalue weighted by atomic mass is 9.42. The summed E-state index contributed by atoms with van der Waals surface area (Å²) in [5.41, 5.74) is 11.8. The van der Waals surface area contributed by atoms with Crippen LogP contribution in [0.15, 0.2) is 17.9 Å². The van der Waals surface area contributed by atoms with Crippen molar-refractivity contribution in [3.63, 3.8) is 0 Å². The van der Waals surface area contributed by atoms with Gasteiger partial charge in [0.15, 0.2) is 5.79 Å². The molecule has 0 aromatic heterocycles. The second-order valence-electron chi connectivity index (χ2n) is 11.4. The van der Waals surface area contributed by atoms with Crippen LogP contribution in [0.2, 0.25) is 0 Å². The molecule has 3 heteroatoms. The molecule has 4 rings (SSSR count). The first-order valence-corrected chi connectivity index (χ1v) is 11.6. The average molecular weight is 388 g/mol. The van der Waals surface area contributed by atoms with Crippen LogP contribution in [-0.4, -0.2) is 23.0 Å². The zero-order chi connectivity index (χ0) is 20.3. The van der Waals surface area contributed by atoms with Gasteiger partial charge in [0.25, 0.3) is 0 Å². The Kier molecular flexibility index (Phi) is 5.15. The summed E-state index contributed by atoms with van der Waals surface area (Å²) in [5, 5.41) is 10.6. The molecule has 8 unspecified atom stereocenters. The fourth-order valence-corrected chi connectivity index (χ4v) is 8.03. The largest absolute Gasteiger partial charge is 0.366 e. The van der Waals surface area contributed by atoms with E-state index in [1.54, 1.807) is 13.8 Å². The van der Waals surface area contributed by atoms with E-state index in [-0.39, 0.29) is 11.5 Å². The Morgan fingerprint density at radius 3 is 2.57 bits per heavy atom. The van der Waals surface area contributed by atoms with Gasteiger partial charge in [0.05, 0.1) is 6.10 Å². The maximum atomic E-state index is 10.6. The van der Waals surface area contributed by atoms with Crippen LogP contribution in [0.25, 0.3) is 0 Å². The molecule has 28 heavy (non-hydrogen) atoms. The van der Waals surface area contributed by atoms with Gasteiger partial charge in [-0.15, -0.1) is 5.73 Å². The fourth-order valence-electron chi connectivity index (χ4n) is 8.03. The quantitative estimate of drug-likeness (QED) is 0.507.